The first-order chi connectivity index (χ1) is 10.9. The van der Waals surface area contributed by atoms with E-state index in [0.717, 1.165) is 18.2 Å². The van der Waals surface area contributed by atoms with Crippen molar-refractivity contribution in [2.75, 3.05) is 11.9 Å². The maximum absolute atomic E-state index is 13.4. The lowest BCUT2D eigenvalue weighted by atomic mass is 10.2. The Bertz CT molecular complexity index is 765. The van der Waals surface area contributed by atoms with Crippen molar-refractivity contribution in [1.82, 2.24) is 0 Å². The summed E-state index contributed by atoms with van der Waals surface area (Å²) in [5, 5.41) is 13.0. The second-order valence-corrected chi connectivity index (χ2v) is 4.69. The summed E-state index contributed by atoms with van der Waals surface area (Å²) < 4.78 is 31.5. The molecule has 0 fully saturated rings. The molecule has 6 nitrogen and oxygen atoms in total. The van der Waals surface area contributed by atoms with E-state index in [1.54, 1.807) is 6.92 Å². The molecule has 0 aliphatic heterocycles. The number of ether oxygens (including phenoxy) is 1. The van der Waals surface area contributed by atoms with Crippen molar-refractivity contribution in [2.45, 2.75) is 6.92 Å². The van der Waals surface area contributed by atoms with Gasteiger partial charge in [0.15, 0.2) is 12.4 Å². The summed E-state index contributed by atoms with van der Waals surface area (Å²) in [5.41, 5.74) is 0.0832. The molecule has 0 bridgehead atoms. The number of rotatable bonds is 5. The van der Waals surface area contributed by atoms with Crippen LogP contribution in [0.5, 0.6) is 5.75 Å². The van der Waals surface area contributed by atoms with Crippen molar-refractivity contribution < 1.29 is 23.2 Å². The highest BCUT2D eigenvalue weighted by Gasteiger charge is 2.16. The largest absolute Gasteiger partial charge is 0.477 e. The second kappa shape index (κ2) is 6.82. The van der Waals surface area contributed by atoms with Crippen LogP contribution in [0.4, 0.5) is 20.2 Å². The van der Waals surface area contributed by atoms with Crippen LogP contribution in [-0.4, -0.2) is 17.4 Å². The van der Waals surface area contributed by atoms with Crippen LogP contribution in [0.1, 0.15) is 5.56 Å². The van der Waals surface area contributed by atoms with Crippen molar-refractivity contribution >= 4 is 17.3 Å². The molecule has 0 atom stereocenters. The lowest BCUT2D eigenvalue weighted by molar-refractivity contribution is -0.385. The van der Waals surface area contributed by atoms with Gasteiger partial charge in [-0.2, -0.15) is 0 Å². The molecule has 0 unspecified atom stereocenters. The summed E-state index contributed by atoms with van der Waals surface area (Å²) in [5.74, 6) is -2.37. The van der Waals surface area contributed by atoms with Crippen LogP contribution in [0.2, 0.25) is 0 Å². The predicted octanol–water partition coefficient (Wildman–Crippen LogP) is 3.20. The number of hydrogen-bond donors (Lipinski definition) is 1. The zero-order valence-electron chi connectivity index (χ0n) is 12.0. The zero-order valence-corrected chi connectivity index (χ0v) is 12.0. The molecule has 1 amide bonds. The van der Waals surface area contributed by atoms with Crippen LogP contribution in [0.25, 0.3) is 0 Å². The summed E-state index contributed by atoms with van der Waals surface area (Å²) in [6, 6.07) is 6.81. The number of nitrogens with one attached hydrogen (secondary N) is 1. The smallest absolute Gasteiger partial charge is 0.310 e. The molecular weight excluding hydrogens is 310 g/mol. The van der Waals surface area contributed by atoms with Gasteiger partial charge in [-0.05, 0) is 30.7 Å². The van der Waals surface area contributed by atoms with Gasteiger partial charge in [-0.1, -0.05) is 6.07 Å². The Morgan fingerprint density at radius 3 is 2.70 bits per heavy atom. The summed E-state index contributed by atoms with van der Waals surface area (Å²) in [6.45, 7) is 1.12. The van der Waals surface area contributed by atoms with E-state index in [1.165, 1.54) is 18.2 Å². The molecule has 1 N–H and O–H groups in total. The van der Waals surface area contributed by atoms with Gasteiger partial charge >= 0.3 is 5.69 Å². The van der Waals surface area contributed by atoms with E-state index < -0.39 is 29.1 Å². The number of nitro groups is 1. The van der Waals surface area contributed by atoms with Crippen molar-refractivity contribution in [2.24, 2.45) is 0 Å². The quantitative estimate of drug-likeness (QED) is 0.677. The number of halogens is 2. The first-order valence-corrected chi connectivity index (χ1v) is 6.49. The van der Waals surface area contributed by atoms with E-state index in [-0.39, 0.29) is 17.1 Å². The van der Waals surface area contributed by atoms with E-state index in [4.69, 9.17) is 4.74 Å². The van der Waals surface area contributed by atoms with Crippen LogP contribution >= 0.6 is 0 Å². The fraction of sp³-hybridized carbons (Fsp3) is 0.133. The Kier molecular flexibility index (Phi) is 4.85. The van der Waals surface area contributed by atoms with E-state index >= 15 is 0 Å². The van der Waals surface area contributed by atoms with Gasteiger partial charge in [0.2, 0.25) is 0 Å². The average molecular weight is 322 g/mol. The third kappa shape index (κ3) is 4.22. The summed E-state index contributed by atoms with van der Waals surface area (Å²) in [6.07, 6.45) is 0. The van der Waals surface area contributed by atoms with Gasteiger partial charge < -0.3 is 10.1 Å². The maximum atomic E-state index is 13.4. The van der Waals surface area contributed by atoms with E-state index in [9.17, 15) is 23.7 Å². The van der Waals surface area contributed by atoms with Crippen molar-refractivity contribution in [3.8, 4) is 5.75 Å². The molecular formula is C15H12F2N2O4. The van der Waals surface area contributed by atoms with E-state index in [1.807, 2.05) is 0 Å². The van der Waals surface area contributed by atoms with E-state index in [2.05, 4.69) is 5.32 Å². The van der Waals surface area contributed by atoms with Crippen LogP contribution < -0.4 is 10.1 Å². The lowest BCUT2D eigenvalue weighted by Crippen LogP contribution is -2.21. The van der Waals surface area contributed by atoms with Gasteiger partial charge in [-0.3, -0.25) is 14.9 Å². The van der Waals surface area contributed by atoms with Gasteiger partial charge in [0, 0.05) is 12.1 Å². The molecule has 2 aromatic rings. The van der Waals surface area contributed by atoms with Crippen LogP contribution in [0, 0.1) is 28.7 Å². The van der Waals surface area contributed by atoms with Gasteiger partial charge in [0.05, 0.1) is 10.6 Å². The Hall–Kier alpha value is -3.03. The molecule has 0 saturated heterocycles. The SMILES string of the molecule is Cc1ccc([N+](=O)[O-])c(OCC(=O)Nc2cc(F)ccc2F)c1. The molecule has 8 heteroatoms. The molecule has 0 heterocycles. The molecule has 0 aliphatic rings. The standard InChI is InChI=1S/C15H12F2N2O4/c1-9-2-5-13(19(21)22)14(6-9)23-8-15(20)18-12-7-10(16)3-4-11(12)17/h2-7H,8H2,1H3,(H,18,20). The molecule has 0 aromatic heterocycles. The molecule has 2 rings (SSSR count). The first kappa shape index (κ1) is 16.3. The van der Waals surface area contributed by atoms with Gasteiger partial charge in [0.25, 0.3) is 5.91 Å². The number of anilines is 1. The van der Waals surface area contributed by atoms with Crippen molar-refractivity contribution in [3.05, 3.63) is 63.7 Å². The summed E-state index contributed by atoms with van der Waals surface area (Å²) in [4.78, 5) is 22.0. The minimum absolute atomic E-state index is 0.0788. The molecule has 120 valence electrons. The molecule has 0 spiro atoms. The van der Waals surface area contributed by atoms with Crippen LogP contribution in [0.15, 0.2) is 36.4 Å². The summed E-state index contributed by atoms with van der Waals surface area (Å²) in [7, 11) is 0. The first-order valence-electron chi connectivity index (χ1n) is 6.49. The normalized spacial score (nSPS) is 10.2. The lowest BCUT2D eigenvalue weighted by Gasteiger charge is -2.09. The Balaban J connectivity index is 2.06. The molecule has 2 aromatic carbocycles. The summed E-state index contributed by atoms with van der Waals surface area (Å²) >= 11 is 0. The van der Waals surface area contributed by atoms with Crippen molar-refractivity contribution in [1.29, 1.82) is 0 Å². The number of carbonyl (C=O) groups is 1. The number of nitrogens with zero attached hydrogens (tertiary/aromatic N) is 1. The Labute approximate surface area is 129 Å². The number of hydrogen-bond acceptors (Lipinski definition) is 4. The minimum Gasteiger partial charge on any atom is -0.477 e. The highest BCUT2D eigenvalue weighted by atomic mass is 19.1. The maximum Gasteiger partial charge on any atom is 0.310 e. The third-order valence-corrected chi connectivity index (χ3v) is 2.87. The van der Waals surface area contributed by atoms with Gasteiger partial charge in [-0.25, -0.2) is 8.78 Å². The minimum atomic E-state index is -0.804. The highest BCUT2D eigenvalue weighted by molar-refractivity contribution is 5.92. The van der Waals surface area contributed by atoms with Crippen LogP contribution in [-0.2, 0) is 4.79 Å². The third-order valence-electron chi connectivity index (χ3n) is 2.87. The molecule has 0 saturated carbocycles. The number of amides is 1. The number of carbonyl (C=O) groups excluding carboxylic acids is 1. The Morgan fingerprint density at radius 2 is 2.00 bits per heavy atom. The predicted molar refractivity (Wildman–Crippen MR) is 78.3 cm³/mol. The topological polar surface area (TPSA) is 81.5 Å². The van der Waals surface area contributed by atoms with E-state index in [0.29, 0.717) is 5.56 Å². The average Bonchev–Trinajstić information content (AvgIpc) is 2.48. The second-order valence-electron chi connectivity index (χ2n) is 4.69. The van der Waals surface area contributed by atoms with Crippen molar-refractivity contribution in [3.63, 3.8) is 0 Å². The number of nitro benzene ring substituents is 1. The fourth-order valence-electron chi connectivity index (χ4n) is 1.81. The van der Waals surface area contributed by atoms with Gasteiger partial charge in [0.1, 0.15) is 11.6 Å². The monoisotopic (exact) mass is 322 g/mol. The highest BCUT2D eigenvalue weighted by Crippen LogP contribution is 2.27. The number of benzene rings is 2. The number of aryl methyl sites for hydroxylation is 1. The fourth-order valence-corrected chi connectivity index (χ4v) is 1.81. The zero-order chi connectivity index (χ0) is 17.0. The molecule has 0 aliphatic carbocycles. The Morgan fingerprint density at radius 1 is 1.26 bits per heavy atom. The molecule has 0 radical (unpaired) electrons. The molecule has 23 heavy (non-hydrogen) atoms. The van der Waals surface area contributed by atoms with Gasteiger partial charge in [-0.15, -0.1) is 0 Å². The van der Waals surface area contributed by atoms with Crippen LogP contribution in [0.3, 0.4) is 0 Å².